The standard InChI is InChI=1S/C13H19BrClN/c1-4-6-10(5-2)16-13-8-12(15)9(3)7-11(13)14/h7-8,10,16H,4-6H2,1-3H3. The molecule has 0 aliphatic heterocycles. The Morgan fingerprint density at radius 2 is 2.06 bits per heavy atom. The Morgan fingerprint density at radius 1 is 1.38 bits per heavy atom. The van der Waals surface area contributed by atoms with Crippen LogP contribution in [-0.4, -0.2) is 6.04 Å². The number of anilines is 1. The first kappa shape index (κ1) is 13.9. The molecule has 0 saturated heterocycles. The Labute approximate surface area is 112 Å². The van der Waals surface area contributed by atoms with Crippen LogP contribution in [0, 0.1) is 6.92 Å². The van der Waals surface area contributed by atoms with Crippen molar-refractivity contribution in [2.24, 2.45) is 0 Å². The van der Waals surface area contributed by atoms with Crippen LogP contribution in [0.1, 0.15) is 38.7 Å². The first-order chi connectivity index (χ1) is 7.58. The van der Waals surface area contributed by atoms with Gasteiger partial charge in [0.15, 0.2) is 0 Å². The summed E-state index contributed by atoms with van der Waals surface area (Å²) in [5, 5.41) is 4.35. The van der Waals surface area contributed by atoms with Gasteiger partial charge < -0.3 is 5.32 Å². The summed E-state index contributed by atoms with van der Waals surface area (Å²) in [6, 6.07) is 4.59. The van der Waals surface area contributed by atoms with E-state index in [1.807, 2.05) is 13.0 Å². The maximum absolute atomic E-state index is 6.13. The summed E-state index contributed by atoms with van der Waals surface area (Å²) in [5.41, 5.74) is 2.19. The van der Waals surface area contributed by atoms with Gasteiger partial charge in [-0.1, -0.05) is 31.9 Å². The third kappa shape index (κ3) is 3.67. The lowest BCUT2D eigenvalue weighted by atomic mass is 10.1. The van der Waals surface area contributed by atoms with Gasteiger partial charge in [-0.25, -0.2) is 0 Å². The van der Waals surface area contributed by atoms with Crippen LogP contribution in [0.2, 0.25) is 5.02 Å². The van der Waals surface area contributed by atoms with Crippen molar-refractivity contribution in [1.82, 2.24) is 0 Å². The van der Waals surface area contributed by atoms with Crippen molar-refractivity contribution in [3.05, 3.63) is 27.2 Å². The van der Waals surface area contributed by atoms with E-state index in [4.69, 9.17) is 11.6 Å². The Bertz CT molecular complexity index is 352. The van der Waals surface area contributed by atoms with Crippen LogP contribution >= 0.6 is 27.5 Å². The second-order valence-corrected chi connectivity index (χ2v) is 5.38. The SMILES string of the molecule is CCCC(CC)Nc1cc(Cl)c(C)cc1Br. The minimum Gasteiger partial charge on any atom is -0.381 e. The van der Waals surface area contributed by atoms with Crippen molar-refractivity contribution in [1.29, 1.82) is 0 Å². The van der Waals surface area contributed by atoms with Crippen LogP contribution in [0.3, 0.4) is 0 Å². The summed E-state index contributed by atoms with van der Waals surface area (Å²) in [7, 11) is 0. The molecular formula is C13H19BrClN. The molecule has 1 nitrogen and oxygen atoms in total. The maximum Gasteiger partial charge on any atom is 0.0501 e. The fourth-order valence-electron chi connectivity index (χ4n) is 1.70. The number of hydrogen-bond acceptors (Lipinski definition) is 1. The summed E-state index contributed by atoms with van der Waals surface area (Å²) in [6.07, 6.45) is 3.52. The van der Waals surface area contributed by atoms with Crippen LogP contribution < -0.4 is 5.32 Å². The zero-order valence-electron chi connectivity index (χ0n) is 10.1. The van der Waals surface area contributed by atoms with Crippen LogP contribution in [-0.2, 0) is 0 Å². The van der Waals surface area contributed by atoms with E-state index in [0.717, 1.165) is 27.2 Å². The molecule has 0 saturated carbocycles. The summed E-state index contributed by atoms with van der Waals surface area (Å²) in [6.45, 7) is 6.43. The van der Waals surface area contributed by atoms with Crippen LogP contribution in [0.15, 0.2) is 16.6 Å². The van der Waals surface area contributed by atoms with Gasteiger partial charge in [-0.05, 0) is 53.4 Å². The predicted octanol–water partition coefficient (Wildman–Crippen LogP) is 5.40. The molecule has 0 radical (unpaired) electrons. The van der Waals surface area contributed by atoms with E-state index >= 15 is 0 Å². The van der Waals surface area contributed by atoms with E-state index in [1.54, 1.807) is 0 Å². The zero-order chi connectivity index (χ0) is 12.1. The zero-order valence-corrected chi connectivity index (χ0v) is 12.5. The van der Waals surface area contributed by atoms with Crippen LogP contribution in [0.25, 0.3) is 0 Å². The van der Waals surface area contributed by atoms with Gasteiger partial charge >= 0.3 is 0 Å². The van der Waals surface area contributed by atoms with Gasteiger partial charge in [0.2, 0.25) is 0 Å². The molecular weight excluding hydrogens is 286 g/mol. The number of halogens is 2. The summed E-state index contributed by atoms with van der Waals surface area (Å²) in [5.74, 6) is 0. The third-order valence-corrected chi connectivity index (χ3v) is 3.80. The van der Waals surface area contributed by atoms with Gasteiger partial charge in [-0.3, -0.25) is 0 Å². The average Bonchev–Trinajstić information content (AvgIpc) is 2.25. The van der Waals surface area contributed by atoms with Crippen molar-refractivity contribution in [2.75, 3.05) is 5.32 Å². The molecule has 0 aliphatic carbocycles. The molecule has 1 atom stereocenters. The summed E-state index contributed by atoms with van der Waals surface area (Å²) < 4.78 is 1.09. The first-order valence-electron chi connectivity index (χ1n) is 5.80. The second kappa shape index (κ2) is 6.51. The van der Waals surface area contributed by atoms with Gasteiger partial charge in [0.25, 0.3) is 0 Å². The Kier molecular flexibility index (Phi) is 5.63. The molecule has 0 aromatic heterocycles. The molecule has 1 rings (SSSR count). The van der Waals surface area contributed by atoms with E-state index in [2.05, 4.69) is 41.2 Å². The van der Waals surface area contributed by atoms with E-state index in [9.17, 15) is 0 Å². The van der Waals surface area contributed by atoms with Crippen LogP contribution in [0.4, 0.5) is 5.69 Å². The molecule has 16 heavy (non-hydrogen) atoms. The summed E-state index contributed by atoms with van der Waals surface area (Å²) >= 11 is 9.70. The molecule has 1 aromatic carbocycles. The maximum atomic E-state index is 6.13. The Morgan fingerprint density at radius 3 is 2.62 bits per heavy atom. The van der Waals surface area contributed by atoms with E-state index < -0.39 is 0 Å². The van der Waals surface area contributed by atoms with Crippen molar-refractivity contribution in [3.8, 4) is 0 Å². The van der Waals surface area contributed by atoms with Crippen LogP contribution in [0.5, 0.6) is 0 Å². The lowest BCUT2D eigenvalue weighted by Crippen LogP contribution is -2.18. The van der Waals surface area contributed by atoms with Gasteiger partial charge in [0.05, 0.1) is 5.69 Å². The van der Waals surface area contributed by atoms with Crippen molar-refractivity contribution in [3.63, 3.8) is 0 Å². The monoisotopic (exact) mass is 303 g/mol. The van der Waals surface area contributed by atoms with Gasteiger partial charge in [-0.2, -0.15) is 0 Å². The average molecular weight is 305 g/mol. The fourth-order valence-corrected chi connectivity index (χ4v) is 2.44. The Hall–Kier alpha value is -0.210. The molecule has 3 heteroatoms. The van der Waals surface area contributed by atoms with Gasteiger partial charge in [-0.15, -0.1) is 0 Å². The molecule has 1 aromatic rings. The molecule has 0 aliphatic rings. The molecule has 90 valence electrons. The number of rotatable bonds is 5. The van der Waals surface area contributed by atoms with Crippen molar-refractivity contribution >= 4 is 33.2 Å². The highest BCUT2D eigenvalue weighted by Gasteiger charge is 2.09. The normalized spacial score (nSPS) is 12.6. The molecule has 0 amide bonds. The Balaban J connectivity index is 2.83. The molecule has 0 spiro atoms. The minimum absolute atomic E-state index is 0.528. The van der Waals surface area contributed by atoms with E-state index in [0.29, 0.717) is 6.04 Å². The van der Waals surface area contributed by atoms with E-state index in [-0.39, 0.29) is 0 Å². The van der Waals surface area contributed by atoms with Gasteiger partial charge in [0, 0.05) is 15.5 Å². The van der Waals surface area contributed by atoms with Crippen molar-refractivity contribution in [2.45, 2.75) is 46.1 Å². The summed E-state index contributed by atoms with van der Waals surface area (Å²) in [4.78, 5) is 0. The number of nitrogens with one attached hydrogen (secondary N) is 1. The number of hydrogen-bond donors (Lipinski definition) is 1. The number of aryl methyl sites for hydroxylation is 1. The quantitative estimate of drug-likeness (QED) is 0.768. The van der Waals surface area contributed by atoms with Crippen molar-refractivity contribution < 1.29 is 0 Å². The molecule has 0 bridgehead atoms. The number of benzene rings is 1. The third-order valence-electron chi connectivity index (χ3n) is 2.74. The van der Waals surface area contributed by atoms with Gasteiger partial charge in [0.1, 0.15) is 0 Å². The highest BCUT2D eigenvalue weighted by atomic mass is 79.9. The highest BCUT2D eigenvalue weighted by Crippen LogP contribution is 2.30. The largest absolute Gasteiger partial charge is 0.381 e. The molecule has 1 unspecified atom stereocenters. The smallest absolute Gasteiger partial charge is 0.0501 e. The van der Waals surface area contributed by atoms with E-state index in [1.165, 1.54) is 12.8 Å². The molecule has 1 N–H and O–H groups in total. The first-order valence-corrected chi connectivity index (χ1v) is 6.97. The second-order valence-electron chi connectivity index (χ2n) is 4.12. The molecule has 0 heterocycles. The topological polar surface area (TPSA) is 12.0 Å². The lowest BCUT2D eigenvalue weighted by Gasteiger charge is -2.19. The fraction of sp³-hybridized carbons (Fsp3) is 0.538. The predicted molar refractivity (Wildman–Crippen MR) is 76.5 cm³/mol. The molecule has 0 fully saturated rings. The minimum atomic E-state index is 0.528. The lowest BCUT2D eigenvalue weighted by molar-refractivity contribution is 0.622. The highest BCUT2D eigenvalue weighted by molar-refractivity contribution is 9.10.